The Morgan fingerprint density at radius 3 is 2.21 bits per heavy atom. The van der Waals surface area contributed by atoms with Crippen LogP contribution in [0.4, 0.5) is 5.69 Å². The van der Waals surface area contributed by atoms with Gasteiger partial charge < -0.3 is 10.2 Å². The predicted octanol–water partition coefficient (Wildman–Crippen LogP) is 3.84. The number of nitrogens with one attached hydrogen (secondary N) is 1. The van der Waals surface area contributed by atoms with Crippen LogP contribution >= 0.6 is 22.6 Å². The fraction of sp³-hybridized carbons (Fsp3) is 0.440. The van der Waals surface area contributed by atoms with Crippen molar-refractivity contribution in [2.45, 2.75) is 58.2 Å². The van der Waals surface area contributed by atoms with E-state index in [0.29, 0.717) is 5.69 Å². The van der Waals surface area contributed by atoms with Crippen molar-refractivity contribution < 1.29 is 18.0 Å². The summed E-state index contributed by atoms with van der Waals surface area (Å²) in [5.41, 5.74) is 2.38. The predicted molar refractivity (Wildman–Crippen MR) is 143 cm³/mol. The van der Waals surface area contributed by atoms with Crippen molar-refractivity contribution in [1.29, 1.82) is 0 Å². The minimum Gasteiger partial charge on any atom is -0.352 e. The minimum atomic E-state index is -3.72. The second kappa shape index (κ2) is 11.5. The van der Waals surface area contributed by atoms with Crippen LogP contribution in [-0.2, 0) is 26.2 Å². The number of hydrogen-bond acceptors (Lipinski definition) is 4. The molecule has 0 spiro atoms. The van der Waals surface area contributed by atoms with Gasteiger partial charge in [0.1, 0.15) is 12.6 Å². The third-order valence-electron chi connectivity index (χ3n) is 6.14. The van der Waals surface area contributed by atoms with E-state index in [9.17, 15) is 18.0 Å². The average molecular weight is 598 g/mol. The summed E-state index contributed by atoms with van der Waals surface area (Å²) in [7, 11) is -3.72. The fourth-order valence-corrected chi connectivity index (χ4v) is 5.30. The Hall–Kier alpha value is -2.14. The molecule has 0 bridgehead atoms. The van der Waals surface area contributed by atoms with Crippen LogP contribution in [0.1, 0.15) is 43.7 Å². The summed E-state index contributed by atoms with van der Waals surface area (Å²) in [6.45, 7) is 3.51. The maximum atomic E-state index is 13.5. The summed E-state index contributed by atoms with van der Waals surface area (Å²) < 4.78 is 27.2. The van der Waals surface area contributed by atoms with Crippen molar-refractivity contribution in [2.24, 2.45) is 0 Å². The number of sulfonamides is 1. The summed E-state index contributed by atoms with van der Waals surface area (Å²) in [5, 5.41) is 3.06. The van der Waals surface area contributed by atoms with E-state index in [-0.39, 0.29) is 25.0 Å². The van der Waals surface area contributed by atoms with E-state index in [0.717, 1.165) is 50.9 Å². The van der Waals surface area contributed by atoms with Crippen molar-refractivity contribution in [2.75, 3.05) is 17.1 Å². The first-order valence-electron chi connectivity index (χ1n) is 11.4. The van der Waals surface area contributed by atoms with Crippen LogP contribution in [0, 0.1) is 10.5 Å². The molecule has 1 aliphatic carbocycles. The van der Waals surface area contributed by atoms with Gasteiger partial charge in [0.2, 0.25) is 21.8 Å². The lowest BCUT2D eigenvalue weighted by Crippen LogP contribution is -2.52. The zero-order valence-electron chi connectivity index (χ0n) is 19.8. The molecule has 7 nitrogen and oxygen atoms in total. The van der Waals surface area contributed by atoms with Crippen molar-refractivity contribution in [3.05, 3.63) is 63.2 Å². The zero-order chi connectivity index (χ0) is 24.9. The average Bonchev–Trinajstić information content (AvgIpc) is 3.29. The highest BCUT2D eigenvalue weighted by Gasteiger charge is 2.31. The number of nitrogens with zero attached hydrogens (tertiary/aromatic N) is 2. The lowest BCUT2D eigenvalue weighted by molar-refractivity contribution is -0.139. The van der Waals surface area contributed by atoms with Gasteiger partial charge in [-0.15, -0.1) is 0 Å². The van der Waals surface area contributed by atoms with Crippen molar-refractivity contribution in [1.82, 2.24) is 10.2 Å². The molecule has 0 aliphatic heterocycles. The van der Waals surface area contributed by atoms with Crippen LogP contribution in [0.3, 0.4) is 0 Å². The number of halogens is 1. The van der Waals surface area contributed by atoms with Crippen LogP contribution in [0.5, 0.6) is 0 Å². The maximum Gasteiger partial charge on any atom is 0.244 e. The first-order chi connectivity index (χ1) is 16.0. The first kappa shape index (κ1) is 26.5. The van der Waals surface area contributed by atoms with E-state index in [1.54, 1.807) is 31.2 Å². The van der Waals surface area contributed by atoms with Crippen molar-refractivity contribution in [3.63, 3.8) is 0 Å². The number of carbonyl (C=O) groups excluding carboxylic acids is 2. The molecule has 0 saturated heterocycles. The van der Waals surface area contributed by atoms with Crippen LogP contribution < -0.4 is 9.62 Å². The van der Waals surface area contributed by atoms with Gasteiger partial charge in [0.25, 0.3) is 0 Å². The molecule has 1 unspecified atom stereocenters. The van der Waals surface area contributed by atoms with Gasteiger partial charge in [-0.1, -0.05) is 42.7 Å². The summed E-state index contributed by atoms with van der Waals surface area (Å²) in [6.07, 6.45) is 5.15. The molecule has 0 heterocycles. The van der Waals surface area contributed by atoms with E-state index < -0.39 is 22.0 Å². The van der Waals surface area contributed by atoms with Crippen LogP contribution in [0.15, 0.2) is 48.5 Å². The summed E-state index contributed by atoms with van der Waals surface area (Å²) in [6, 6.07) is 14.1. The highest BCUT2D eigenvalue weighted by atomic mass is 127. The molecule has 34 heavy (non-hydrogen) atoms. The number of aryl methyl sites for hydroxylation is 1. The first-order valence-corrected chi connectivity index (χ1v) is 14.4. The molecule has 2 amide bonds. The van der Waals surface area contributed by atoms with Crippen LogP contribution in [0.2, 0.25) is 0 Å². The third-order valence-corrected chi connectivity index (χ3v) is 8.00. The Bertz CT molecular complexity index is 1100. The Kier molecular flexibility index (Phi) is 8.97. The molecule has 184 valence electrons. The monoisotopic (exact) mass is 597 g/mol. The summed E-state index contributed by atoms with van der Waals surface area (Å²) in [4.78, 5) is 28.0. The molecule has 9 heteroatoms. The quantitative estimate of drug-likeness (QED) is 0.446. The number of rotatable bonds is 9. The van der Waals surface area contributed by atoms with E-state index >= 15 is 0 Å². The number of anilines is 1. The normalized spacial score (nSPS) is 15.1. The molecule has 1 N–H and O–H groups in total. The lowest BCUT2D eigenvalue weighted by Gasteiger charge is -2.32. The molecule has 1 aliphatic rings. The third kappa shape index (κ3) is 7.18. The second-order valence-electron chi connectivity index (χ2n) is 8.92. The topological polar surface area (TPSA) is 86.8 Å². The number of hydrogen-bond donors (Lipinski definition) is 1. The smallest absolute Gasteiger partial charge is 0.244 e. The molecule has 1 atom stereocenters. The molecular weight excluding hydrogens is 565 g/mol. The van der Waals surface area contributed by atoms with Crippen LogP contribution in [0.25, 0.3) is 0 Å². The largest absolute Gasteiger partial charge is 0.352 e. The van der Waals surface area contributed by atoms with Gasteiger partial charge in [-0.05, 0) is 79.1 Å². The van der Waals surface area contributed by atoms with E-state index in [1.165, 1.54) is 4.90 Å². The number of amides is 2. The lowest BCUT2D eigenvalue weighted by atomic mass is 10.1. The van der Waals surface area contributed by atoms with Gasteiger partial charge in [-0.2, -0.15) is 0 Å². The molecule has 2 aromatic carbocycles. The van der Waals surface area contributed by atoms with Crippen molar-refractivity contribution >= 4 is 50.1 Å². The second-order valence-corrected chi connectivity index (χ2v) is 12.1. The molecule has 2 aromatic rings. The van der Waals surface area contributed by atoms with E-state index in [1.807, 2.05) is 31.2 Å². The Morgan fingerprint density at radius 2 is 1.65 bits per heavy atom. The Labute approximate surface area is 216 Å². The molecule has 1 fully saturated rings. The van der Waals surface area contributed by atoms with Gasteiger partial charge in [0.05, 0.1) is 11.9 Å². The fourth-order valence-electron chi connectivity index (χ4n) is 4.09. The molecule has 1 saturated carbocycles. The Balaban J connectivity index is 1.86. The van der Waals surface area contributed by atoms with Gasteiger partial charge in [-0.3, -0.25) is 13.9 Å². The van der Waals surface area contributed by atoms with Gasteiger partial charge in [0, 0.05) is 16.2 Å². The number of carbonyl (C=O) groups is 2. The van der Waals surface area contributed by atoms with E-state index in [4.69, 9.17) is 0 Å². The highest BCUT2D eigenvalue weighted by Crippen LogP contribution is 2.21. The zero-order valence-corrected chi connectivity index (χ0v) is 22.8. The minimum absolute atomic E-state index is 0.130. The molecule has 3 rings (SSSR count). The molecule has 0 aromatic heterocycles. The Morgan fingerprint density at radius 1 is 1.06 bits per heavy atom. The SMILES string of the molecule is Cc1ccc(CN(C(=O)CN(c2ccc(I)cc2)S(C)(=O)=O)C(C)C(=O)NC2CCCC2)cc1. The molecule has 0 radical (unpaired) electrons. The van der Waals surface area contributed by atoms with Gasteiger partial charge in [-0.25, -0.2) is 8.42 Å². The van der Waals surface area contributed by atoms with E-state index in [2.05, 4.69) is 27.9 Å². The summed E-state index contributed by atoms with van der Waals surface area (Å²) in [5.74, 6) is -0.647. The van der Waals surface area contributed by atoms with Gasteiger partial charge in [0.15, 0.2) is 0 Å². The van der Waals surface area contributed by atoms with Crippen LogP contribution in [-0.4, -0.2) is 50.0 Å². The maximum absolute atomic E-state index is 13.5. The number of benzene rings is 2. The summed E-state index contributed by atoms with van der Waals surface area (Å²) >= 11 is 2.14. The van der Waals surface area contributed by atoms with Gasteiger partial charge >= 0.3 is 0 Å². The highest BCUT2D eigenvalue weighted by molar-refractivity contribution is 14.1. The molecular formula is C25H32IN3O4S. The van der Waals surface area contributed by atoms with Crippen molar-refractivity contribution in [3.8, 4) is 0 Å². The standard InChI is InChI=1S/C25H32IN3O4S/c1-18-8-10-20(11-9-18)16-28(19(2)25(31)27-22-6-4-5-7-22)24(30)17-29(34(3,32)33)23-14-12-21(26)13-15-23/h8-15,19,22H,4-7,16-17H2,1-3H3,(H,27,31).